The summed E-state index contributed by atoms with van der Waals surface area (Å²) >= 11 is 1.06. The lowest BCUT2D eigenvalue weighted by atomic mass is 9.97. The van der Waals surface area contributed by atoms with E-state index < -0.39 is 21.6 Å². The third-order valence-electron chi connectivity index (χ3n) is 3.53. The first-order valence-electron chi connectivity index (χ1n) is 6.58. The first-order chi connectivity index (χ1) is 9.69. The van der Waals surface area contributed by atoms with E-state index in [1.165, 1.54) is 11.4 Å². The Morgan fingerprint density at radius 3 is 2.76 bits per heavy atom. The molecule has 1 fully saturated rings. The number of rotatable bonds is 3. The van der Waals surface area contributed by atoms with E-state index in [1.807, 2.05) is 0 Å². The molecule has 0 spiro atoms. The Kier molecular flexibility index (Phi) is 4.44. The van der Waals surface area contributed by atoms with Crippen LogP contribution in [0.25, 0.3) is 0 Å². The lowest BCUT2D eigenvalue weighted by Gasteiger charge is -2.36. The predicted octanol–water partition coefficient (Wildman–Crippen LogP) is 1.38. The van der Waals surface area contributed by atoms with Gasteiger partial charge in [0.15, 0.2) is 0 Å². The number of methoxy groups -OCH3 is 1. The summed E-state index contributed by atoms with van der Waals surface area (Å²) in [5.41, 5.74) is -0.522. The first-order valence-corrected chi connectivity index (χ1v) is 8.90. The van der Waals surface area contributed by atoms with Crippen molar-refractivity contribution in [3.05, 3.63) is 15.8 Å². The minimum absolute atomic E-state index is 0.00273. The Bertz CT molecular complexity index is 648. The first kappa shape index (κ1) is 16.4. The van der Waals surface area contributed by atoms with Crippen molar-refractivity contribution in [3.63, 3.8) is 0 Å². The molecule has 118 valence electrons. The van der Waals surface area contributed by atoms with Crippen LogP contribution in [0, 0.1) is 6.92 Å². The van der Waals surface area contributed by atoms with Crippen molar-refractivity contribution in [1.82, 2.24) is 4.31 Å². The summed E-state index contributed by atoms with van der Waals surface area (Å²) < 4.78 is 31.5. The van der Waals surface area contributed by atoms with Gasteiger partial charge in [0.2, 0.25) is 10.0 Å². The molecular formula is C13H19NO5S2. The number of hydrogen-bond donors (Lipinski definition) is 1. The molecule has 1 N–H and O–H groups in total. The van der Waals surface area contributed by atoms with Crippen molar-refractivity contribution >= 4 is 27.3 Å². The zero-order valence-corrected chi connectivity index (χ0v) is 13.9. The number of carbonyl (C=O) groups excluding carboxylic acids is 1. The average molecular weight is 333 g/mol. The second-order valence-electron chi connectivity index (χ2n) is 5.51. The van der Waals surface area contributed by atoms with Crippen molar-refractivity contribution in [2.45, 2.75) is 37.2 Å². The molecule has 1 unspecified atom stereocenters. The van der Waals surface area contributed by atoms with Crippen molar-refractivity contribution in [2.75, 3.05) is 20.2 Å². The lowest BCUT2D eigenvalue weighted by Crippen LogP contribution is -2.48. The molecule has 1 aromatic heterocycles. The van der Waals surface area contributed by atoms with Crippen molar-refractivity contribution in [3.8, 4) is 0 Å². The normalized spacial score (nSPS) is 24.0. The standard InChI is InChI=1S/C13H19NO5S2/c1-9-7-20-10(12(15)19-3)11(9)21(17,18)14-6-4-5-13(2,16)8-14/h7,16H,4-6,8H2,1-3H3. The van der Waals surface area contributed by atoms with E-state index in [0.29, 0.717) is 24.9 Å². The topological polar surface area (TPSA) is 83.9 Å². The van der Waals surface area contributed by atoms with Gasteiger partial charge in [-0.1, -0.05) is 0 Å². The van der Waals surface area contributed by atoms with Crippen molar-refractivity contribution in [1.29, 1.82) is 0 Å². The monoisotopic (exact) mass is 333 g/mol. The van der Waals surface area contributed by atoms with Crippen LogP contribution in [0.5, 0.6) is 0 Å². The number of aliphatic hydroxyl groups is 1. The van der Waals surface area contributed by atoms with E-state index in [1.54, 1.807) is 19.2 Å². The number of aryl methyl sites for hydroxylation is 1. The van der Waals surface area contributed by atoms with Gasteiger partial charge in [0, 0.05) is 13.1 Å². The van der Waals surface area contributed by atoms with Gasteiger partial charge in [-0.3, -0.25) is 0 Å². The van der Waals surface area contributed by atoms with Gasteiger partial charge in [-0.25, -0.2) is 13.2 Å². The van der Waals surface area contributed by atoms with Gasteiger partial charge in [0.25, 0.3) is 0 Å². The third-order valence-corrected chi connectivity index (χ3v) is 6.77. The van der Waals surface area contributed by atoms with E-state index >= 15 is 0 Å². The van der Waals surface area contributed by atoms with Gasteiger partial charge in [-0.05, 0) is 37.6 Å². The highest BCUT2D eigenvalue weighted by atomic mass is 32.2. The zero-order valence-electron chi connectivity index (χ0n) is 12.2. The molecule has 8 heteroatoms. The fraction of sp³-hybridized carbons (Fsp3) is 0.615. The van der Waals surface area contributed by atoms with Crippen molar-refractivity contribution in [2.24, 2.45) is 0 Å². The summed E-state index contributed by atoms with van der Waals surface area (Å²) in [6, 6.07) is 0. The van der Waals surface area contributed by atoms with Crippen LogP contribution in [-0.2, 0) is 14.8 Å². The second kappa shape index (κ2) is 5.68. The Morgan fingerprint density at radius 2 is 2.19 bits per heavy atom. The Morgan fingerprint density at radius 1 is 1.52 bits per heavy atom. The number of sulfonamides is 1. The summed E-state index contributed by atoms with van der Waals surface area (Å²) in [4.78, 5) is 11.8. The lowest BCUT2D eigenvalue weighted by molar-refractivity contribution is 0.00939. The number of carbonyl (C=O) groups is 1. The molecule has 0 aromatic carbocycles. The minimum atomic E-state index is -3.82. The summed E-state index contributed by atoms with van der Waals surface area (Å²) in [5.74, 6) is -0.657. The Balaban J connectivity index is 2.45. The van der Waals surface area contributed by atoms with E-state index in [-0.39, 0.29) is 16.3 Å². The van der Waals surface area contributed by atoms with E-state index in [2.05, 4.69) is 4.74 Å². The van der Waals surface area contributed by atoms with Crippen LogP contribution >= 0.6 is 11.3 Å². The number of ether oxygens (including phenoxy) is 1. The molecule has 1 atom stereocenters. The molecule has 21 heavy (non-hydrogen) atoms. The molecule has 1 saturated heterocycles. The second-order valence-corrected chi connectivity index (χ2v) is 8.26. The average Bonchev–Trinajstić information content (AvgIpc) is 2.79. The smallest absolute Gasteiger partial charge is 0.349 e. The molecule has 6 nitrogen and oxygen atoms in total. The van der Waals surface area contributed by atoms with Crippen LogP contribution in [0.1, 0.15) is 35.0 Å². The highest BCUT2D eigenvalue weighted by Crippen LogP contribution is 2.33. The highest BCUT2D eigenvalue weighted by Gasteiger charge is 2.38. The molecule has 0 saturated carbocycles. The summed E-state index contributed by atoms with van der Waals surface area (Å²) in [6.45, 7) is 3.65. The fourth-order valence-corrected chi connectivity index (χ4v) is 5.75. The maximum atomic E-state index is 12.8. The minimum Gasteiger partial charge on any atom is -0.465 e. The molecule has 1 aromatic rings. The number of thiophene rings is 1. The van der Waals surface area contributed by atoms with Gasteiger partial charge >= 0.3 is 5.97 Å². The third kappa shape index (κ3) is 3.13. The molecule has 0 radical (unpaired) electrons. The van der Waals surface area contributed by atoms with Gasteiger partial charge in [-0.2, -0.15) is 4.31 Å². The molecule has 0 bridgehead atoms. The molecule has 0 amide bonds. The molecule has 2 heterocycles. The molecule has 1 aliphatic heterocycles. The van der Waals surface area contributed by atoms with Gasteiger partial charge in [-0.15, -0.1) is 11.3 Å². The molecule has 0 aliphatic carbocycles. The molecular weight excluding hydrogens is 314 g/mol. The van der Waals surface area contributed by atoms with Gasteiger partial charge in [0.05, 0.1) is 12.7 Å². The van der Waals surface area contributed by atoms with Crippen molar-refractivity contribution < 1.29 is 23.1 Å². The van der Waals surface area contributed by atoms with Crippen LogP contribution in [-0.4, -0.2) is 49.6 Å². The SMILES string of the molecule is COC(=O)c1scc(C)c1S(=O)(=O)N1CCCC(C)(O)C1. The van der Waals surface area contributed by atoms with Gasteiger partial charge in [0.1, 0.15) is 9.77 Å². The number of esters is 1. The number of piperidine rings is 1. The van der Waals surface area contributed by atoms with Gasteiger partial charge < -0.3 is 9.84 Å². The maximum absolute atomic E-state index is 12.8. The molecule has 2 rings (SSSR count). The number of β-amino-alcohol motifs (C(OH)–C–C–N with tert-alkyl or cyclic N) is 1. The highest BCUT2D eigenvalue weighted by molar-refractivity contribution is 7.89. The summed E-state index contributed by atoms with van der Waals surface area (Å²) in [7, 11) is -2.60. The van der Waals surface area contributed by atoms with Crippen LogP contribution in [0.15, 0.2) is 10.3 Å². The maximum Gasteiger partial charge on any atom is 0.349 e. The predicted molar refractivity (Wildman–Crippen MR) is 79.0 cm³/mol. The van der Waals surface area contributed by atoms with Crippen LogP contribution in [0.2, 0.25) is 0 Å². The Labute approximate surface area is 128 Å². The zero-order chi connectivity index (χ0) is 15.8. The number of nitrogens with zero attached hydrogens (tertiary/aromatic N) is 1. The molecule has 1 aliphatic rings. The summed E-state index contributed by atoms with van der Waals surface area (Å²) in [5, 5.41) is 11.7. The van der Waals surface area contributed by atoms with Crippen LogP contribution in [0.3, 0.4) is 0 Å². The van der Waals surface area contributed by atoms with E-state index in [0.717, 1.165) is 11.3 Å². The Hall–Kier alpha value is -0.960. The largest absolute Gasteiger partial charge is 0.465 e. The summed E-state index contributed by atoms with van der Waals surface area (Å²) in [6.07, 6.45) is 1.15. The van der Waals surface area contributed by atoms with E-state index in [9.17, 15) is 18.3 Å². The fourth-order valence-electron chi connectivity index (χ4n) is 2.50. The van der Waals surface area contributed by atoms with Crippen LogP contribution < -0.4 is 0 Å². The van der Waals surface area contributed by atoms with Crippen LogP contribution in [0.4, 0.5) is 0 Å². The quantitative estimate of drug-likeness (QED) is 0.845. The number of hydrogen-bond acceptors (Lipinski definition) is 6. The van der Waals surface area contributed by atoms with E-state index in [4.69, 9.17) is 0 Å².